The summed E-state index contributed by atoms with van der Waals surface area (Å²) in [6.45, 7) is 7.83. The lowest BCUT2D eigenvalue weighted by Gasteiger charge is -2.36. The molecular weight excluding hydrogens is 332 g/mol. The highest BCUT2D eigenvalue weighted by Gasteiger charge is 2.33. The fourth-order valence-corrected chi connectivity index (χ4v) is 2.69. The number of likely N-dealkylation sites (N-methyl/N-ethyl adjacent to an activating group) is 1. The number of nitrogens with zero attached hydrogens (tertiary/aromatic N) is 1. The van der Waals surface area contributed by atoms with Gasteiger partial charge in [-0.3, -0.25) is 0 Å². The van der Waals surface area contributed by atoms with Crippen molar-refractivity contribution < 1.29 is 27.7 Å². The maximum Gasteiger partial charge on any atom is 0.293 e. The molecule has 0 bridgehead atoms. The van der Waals surface area contributed by atoms with Crippen LogP contribution in [0.4, 0.5) is 8.78 Å². The highest BCUT2D eigenvalue weighted by molar-refractivity contribution is 4.81. The van der Waals surface area contributed by atoms with E-state index in [2.05, 4.69) is 0 Å². The summed E-state index contributed by atoms with van der Waals surface area (Å²) in [6, 6.07) is 0. The Hall–Kier alpha value is -0.340. The van der Waals surface area contributed by atoms with Crippen LogP contribution in [0.5, 0.6) is 0 Å². The van der Waals surface area contributed by atoms with Gasteiger partial charge in [-0.15, -0.1) is 0 Å². The molecule has 2 rings (SSSR count). The molecule has 0 unspecified atom stereocenters. The molecule has 1 saturated carbocycles. The molecule has 0 N–H and O–H groups in total. The second-order valence-electron chi connectivity index (χ2n) is 6.46. The normalized spacial score (nSPS) is 24.2. The van der Waals surface area contributed by atoms with Gasteiger partial charge in [0.15, 0.2) is 0 Å². The summed E-state index contributed by atoms with van der Waals surface area (Å²) in [4.78, 5) is 2.03. The summed E-state index contributed by atoms with van der Waals surface area (Å²) in [7, 11) is 1.93. The van der Waals surface area contributed by atoms with Crippen molar-refractivity contribution in [3.8, 4) is 0 Å². The minimum atomic E-state index is -2.92. The van der Waals surface area contributed by atoms with Crippen LogP contribution >= 0.6 is 0 Å². The van der Waals surface area contributed by atoms with Gasteiger partial charge in [-0.25, -0.2) is 8.78 Å². The Balaban J connectivity index is 0.00000151. The summed E-state index contributed by atoms with van der Waals surface area (Å²) < 4.78 is 48.4. The number of rotatable bonds is 12. The van der Waals surface area contributed by atoms with Gasteiger partial charge in [0.2, 0.25) is 0 Å². The molecular formula is C18H35F2NO4. The van der Waals surface area contributed by atoms with Crippen molar-refractivity contribution in [2.75, 3.05) is 53.2 Å². The molecule has 1 aliphatic heterocycles. The van der Waals surface area contributed by atoms with Crippen LogP contribution in [0, 0.1) is 0 Å². The zero-order valence-corrected chi connectivity index (χ0v) is 16.1. The van der Waals surface area contributed by atoms with E-state index in [0.29, 0.717) is 19.1 Å². The van der Waals surface area contributed by atoms with Crippen LogP contribution in [0.2, 0.25) is 0 Å². The van der Waals surface area contributed by atoms with E-state index in [0.717, 1.165) is 32.5 Å². The van der Waals surface area contributed by atoms with Gasteiger partial charge in [-0.2, -0.15) is 0 Å². The molecule has 25 heavy (non-hydrogen) atoms. The Morgan fingerprint density at radius 3 is 2.16 bits per heavy atom. The smallest absolute Gasteiger partial charge is 0.293 e. The number of halogens is 2. The molecule has 0 aromatic rings. The Bertz CT molecular complexity index is 335. The van der Waals surface area contributed by atoms with Gasteiger partial charge in [0.05, 0.1) is 18.3 Å². The monoisotopic (exact) mass is 367 g/mol. The zero-order valence-electron chi connectivity index (χ0n) is 16.1. The van der Waals surface area contributed by atoms with E-state index >= 15 is 0 Å². The molecule has 5 nitrogen and oxygen atoms in total. The number of likely N-dealkylation sites (tertiary alicyclic amines) is 1. The number of hydrogen-bond donors (Lipinski definition) is 0. The van der Waals surface area contributed by atoms with Gasteiger partial charge in [0.1, 0.15) is 13.2 Å². The summed E-state index contributed by atoms with van der Waals surface area (Å²) in [5, 5.41) is 0. The van der Waals surface area contributed by atoms with Crippen molar-refractivity contribution in [1.29, 1.82) is 0 Å². The summed E-state index contributed by atoms with van der Waals surface area (Å²) in [6.07, 6.45) is 3.00. The van der Waals surface area contributed by atoms with Crippen molar-refractivity contribution in [3.05, 3.63) is 0 Å². The average Bonchev–Trinajstić information content (AvgIpc) is 2.52. The van der Waals surface area contributed by atoms with E-state index in [-0.39, 0.29) is 18.8 Å². The molecule has 1 heterocycles. The second-order valence-corrected chi connectivity index (χ2v) is 6.46. The van der Waals surface area contributed by atoms with Crippen LogP contribution in [0.25, 0.3) is 0 Å². The average molecular weight is 367 g/mol. The molecule has 0 radical (unpaired) electrons. The fourth-order valence-electron chi connectivity index (χ4n) is 2.69. The fraction of sp³-hybridized carbons (Fsp3) is 1.00. The SMILES string of the molecule is CC.CCOC1CC(OCCCOCC(F)(F)COC2CN(C)C2)C1. The van der Waals surface area contributed by atoms with Gasteiger partial charge in [0, 0.05) is 32.9 Å². The first-order valence-corrected chi connectivity index (χ1v) is 9.47. The largest absolute Gasteiger partial charge is 0.378 e. The lowest BCUT2D eigenvalue weighted by atomic mass is 9.92. The van der Waals surface area contributed by atoms with Crippen molar-refractivity contribution in [1.82, 2.24) is 4.90 Å². The maximum absolute atomic E-state index is 13.5. The van der Waals surface area contributed by atoms with Gasteiger partial charge in [-0.1, -0.05) is 13.8 Å². The maximum atomic E-state index is 13.5. The van der Waals surface area contributed by atoms with Crippen molar-refractivity contribution >= 4 is 0 Å². The summed E-state index contributed by atoms with van der Waals surface area (Å²) in [5.74, 6) is -2.92. The Labute approximate surface area is 150 Å². The van der Waals surface area contributed by atoms with E-state index in [9.17, 15) is 8.78 Å². The third-order valence-corrected chi connectivity index (χ3v) is 4.11. The van der Waals surface area contributed by atoms with E-state index in [1.807, 2.05) is 32.7 Å². The lowest BCUT2D eigenvalue weighted by Crippen LogP contribution is -2.51. The van der Waals surface area contributed by atoms with Crippen LogP contribution < -0.4 is 0 Å². The molecule has 2 aliphatic rings. The minimum Gasteiger partial charge on any atom is -0.378 e. The van der Waals surface area contributed by atoms with E-state index < -0.39 is 19.1 Å². The van der Waals surface area contributed by atoms with Crippen molar-refractivity contribution in [2.45, 2.75) is 64.3 Å². The molecule has 1 aliphatic carbocycles. The second kappa shape index (κ2) is 12.1. The molecule has 0 aromatic heterocycles. The van der Waals surface area contributed by atoms with Crippen LogP contribution in [0.1, 0.15) is 40.0 Å². The van der Waals surface area contributed by atoms with Crippen LogP contribution in [-0.4, -0.2) is 82.3 Å². The van der Waals surface area contributed by atoms with Crippen molar-refractivity contribution in [3.63, 3.8) is 0 Å². The van der Waals surface area contributed by atoms with Crippen LogP contribution in [0.15, 0.2) is 0 Å². The summed E-state index contributed by atoms with van der Waals surface area (Å²) in [5.41, 5.74) is 0. The molecule has 0 atom stereocenters. The van der Waals surface area contributed by atoms with Gasteiger partial charge in [0.25, 0.3) is 5.92 Å². The Morgan fingerprint density at radius 1 is 0.920 bits per heavy atom. The quantitative estimate of drug-likeness (QED) is 0.496. The van der Waals surface area contributed by atoms with Gasteiger partial charge < -0.3 is 23.8 Å². The van der Waals surface area contributed by atoms with Crippen molar-refractivity contribution in [2.24, 2.45) is 0 Å². The van der Waals surface area contributed by atoms with Crippen LogP contribution in [0.3, 0.4) is 0 Å². The molecule has 0 amide bonds. The van der Waals surface area contributed by atoms with E-state index in [4.69, 9.17) is 18.9 Å². The first-order chi connectivity index (χ1) is 12.0. The minimum absolute atomic E-state index is 0.0673. The zero-order chi connectivity index (χ0) is 18.7. The first-order valence-electron chi connectivity index (χ1n) is 9.47. The lowest BCUT2D eigenvalue weighted by molar-refractivity contribution is -0.157. The number of hydrogen-bond acceptors (Lipinski definition) is 5. The topological polar surface area (TPSA) is 40.2 Å². The molecule has 0 aromatic carbocycles. The standard InChI is InChI=1S/C16H29F2NO4.C2H6/c1-3-21-13-7-14(8-13)22-6-4-5-20-11-16(17,18)12-23-15-9-19(2)10-15;1-2/h13-15H,3-12H2,1-2H3;1-2H3. The predicted molar refractivity (Wildman–Crippen MR) is 93.4 cm³/mol. The molecule has 2 fully saturated rings. The van der Waals surface area contributed by atoms with Gasteiger partial charge >= 0.3 is 0 Å². The Kier molecular flexibility index (Phi) is 11.0. The molecule has 0 spiro atoms. The molecule has 150 valence electrons. The first kappa shape index (κ1) is 22.7. The van der Waals surface area contributed by atoms with Gasteiger partial charge in [-0.05, 0) is 33.2 Å². The van der Waals surface area contributed by atoms with E-state index in [1.54, 1.807) is 0 Å². The highest BCUT2D eigenvalue weighted by Crippen LogP contribution is 2.26. The van der Waals surface area contributed by atoms with Crippen LogP contribution in [-0.2, 0) is 18.9 Å². The molecule has 7 heteroatoms. The van der Waals surface area contributed by atoms with E-state index in [1.165, 1.54) is 0 Å². The predicted octanol–water partition coefficient (Wildman–Crippen LogP) is 2.97. The highest BCUT2D eigenvalue weighted by atomic mass is 19.3. The molecule has 1 saturated heterocycles. The third-order valence-electron chi connectivity index (χ3n) is 4.11. The summed E-state index contributed by atoms with van der Waals surface area (Å²) >= 11 is 0. The number of alkyl halides is 2. The Morgan fingerprint density at radius 2 is 1.56 bits per heavy atom. The number of ether oxygens (including phenoxy) is 4. The third kappa shape index (κ3) is 9.24.